The van der Waals surface area contributed by atoms with E-state index in [0.29, 0.717) is 40.9 Å². The summed E-state index contributed by atoms with van der Waals surface area (Å²) in [5.41, 5.74) is 1.91. The van der Waals surface area contributed by atoms with Crippen molar-refractivity contribution in [3.05, 3.63) is 70.0 Å². The largest absolute Gasteiger partial charge is 0.478 e. The van der Waals surface area contributed by atoms with Gasteiger partial charge >= 0.3 is 0 Å². The number of nitrogens with zero attached hydrogens (tertiary/aromatic N) is 4. The molecule has 6 nitrogen and oxygen atoms in total. The second kappa shape index (κ2) is 7.79. The van der Waals surface area contributed by atoms with E-state index in [1.54, 1.807) is 47.6 Å². The predicted octanol–water partition coefficient (Wildman–Crippen LogP) is 4.09. The Bertz CT molecular complexity index is 1170. The molecule has 0 radical (unpaired) electrons. The first-order valence-electron chi connectivity index (χ1n) is 10.5. The number of benzene rings is 2. The Balaban J connectivity index is 1.51. The summed E-state index contributed by atoms with van der Waals surface area (Å²) in [7, 11) is 0. The molecule has 1 aliphatic heterocycles. The van der Waals surface area contributed by atoms with Crippen LogP contribution in [0.4, 0.5) is 8.78 Å². The van der Waals surface area contributed by atoms with Crippen LogP contribution in [-0.4, -0.2) is 49.8 Å². The van der Waals surface area contributed by atoms with Gasteiger partial charge in [0.05, 0.1) is 11.8 Å². The van der Waals surface area contributed by atoms with Crippen molar-refractivity contribution in [1.82, 2.24) is 19.7 Å². The zero-order valence-electron chi connectivity index (χ0n) is 17.7. The summed E-state index contributed by atoms with van der Waals surface area (Å²) in [6.45, 7) is 4.16. The second-order valence-electron chi connectivity index (χ2n) is 8.47. The smallest absolute Gasteiger partial charge is 0.209 e. The van der Waals surface area contributed by atoms with Crippen LogP contribution in [0.1, 0.15) is 35.3 Å². The van der Waals surface area contributed by atoms with Crippen LogP contribution in [0.5, 0.6) is 5.75 Å². The molecule has 2 aromatic carbocycles. The Kier molecular flexibility index (Phi) is 5.19. The molecule has 0 bridgehead atoms. The first-order valence-corrected chi connectivity index (χ1v) is 10.9. The van der Waals surface area contributed by atoms with Crippen molar-refractivity contribution in [2.75, 3.05) is 13.1 Å². The highest BCUT2D eigenvalue weighted by atomic mass is 35.5. The number of likely N-dealkylation sites (tertiary alicyclic amines) is 1. The van der Waals surface area contributed by atoms with Crippen LogP contribution in [-0.2, 0) is 6.42 Å². The first kappa shape index (κ1) is 21.3. The monoisotopic (exact) mass is 460 g/mol. The SMILES string of the molecule is Cc1nnc(C)n1-c1ccc(O[C@H]2c3cc(Cl)ccc3C[C@@]2(F)N2CC[C@@H](O)C2)c(F)c1. The maximum atomic E-state index is 16.5. The molecule has 0 spiro atoms. The summed E-state index contributed by atoms with van der Waals surface area (Å²) in [6.07, 6.45) is -1.12. The van der Waals surface area contributed by atoms with Crippen molar-refractivity contribution in [2.45, 2.75) is 44.7 Å². The fraction of sp³-hybridized carbons (Fsp3) is 0.391. The quantitative estimate of drug-likeness (QED) is 0.594. The number of ether oxygens (including phenoxy) is 1. The third kappa shape index (κ3) is 3.46. The molecule has 2 heterocycles. The summed E-state index contributed by atoms with van der Waals surface area (Å²) in [6, 6.07) is 9.66. The van der Waals surface area contributed by atoms with Crippen molar-refractivity contribution >= 4 is 11.6 Å². The van der Waals surface area contributed by atoms with Crippen molar-refractivity contribution in [3.63, 3.8) is 0 Å². The second-order valence-corrected chi connectivity index (χ2v) is 8.91. The van der Waals surface area contributed by atoms with E-state index in [1.165, 1.54) is 12.1 Å². The molecule has 32 heavy (non-hydrogen) atoms. The first-order chi connectivity index (χ1) is 15.3. The molecule has 0 saturated carbocycles. The molecule has 3 aromatic rings. The van der Waals surface area contributed by atoms with Crippen LogP contribution in [0.25, 0.3) is 5.69 Å². The third-order valence-electron chi connectivity index (χ3n) is 6.32. The van der Waals surface area contributed by atoms with Gasteiger partial charge in [-0.3, -0.25) is 9.47 Å². The average molecular weight is 461 g/mol. The summed E-state index contributed by atoms with van der Waals surface area (Å²) >= 11 is 6.19. The molecule has 0 unspecified atom stereocenters. The minimum absolute atomic E-state index is 0.0586. The number of fused-ring (bicyclic) bond motifs is 1. The minimum atomic E-state index is -1.92. The summed E-state index contributed by atoms with van der Waals surface area (Å²) in [4.78, 5) is 1.59. The van der Waals surface area contributed by atoms with Crippen LogP contribution in [0.15, 0.2) is 36.4 Å². The van der Waals surface area contributed by atoms with Crippen molar-refractivity contribution < 1.29 is 18.6 Å². The highest BCUT2D eigenvalue weighted by Crippen LogP contribution is 2.48. The van der Waals surface area contributed by atoms with E-state index in [-0.39, 0.29) is 18.7 Å². The van der Waals surface area contributed by atoms with E-state index < -0.39 is 23.8 Å². The molecule has 168 valence electrons. The molecule has 5 rings (SSSR count). The molecule has 1 fully saturated rings. The number of aromatic nitrogens is 3. The number of aliphatic hydroxyl groups is 1. The van der Waals surface area contributed by atoms with Crippen LogP contribution >= 0.6 is 11.6 Å². The fourth-order valence-electron chi connectivity index (χ4n) is 4.77. The third-order valence-corrected chi connectivity index (χ3v) is 6.56. The Morgan fingerprint density at radius 1 is 1.16 bits per heavy atom. The van der Waals surface area contributed by atoms with Gasteiger partial charge in [-0.2, -0.15) is 0 Å². The Labute approximate surface area is 189 Å². The number of halogens is 3. The zero-order chi connectivity index (χ0) is 22.6. The van der Waals surface area contributed by atoms with Gasteiger partial charge in [-0.05, 0) is 50.1 Å². The number of aryl methyl sites for hydroxylation is 2. The van der Waals surface area contributed by atoms with Gasteiger partial charge in [0.1, 0.15) is 11.6 Å². The van der Waals surface area contributed by atoms with E-state index >= 15 is 8.78 Å². The normalized spacial score (nSPS) is 25.3. The van der Waals surface area contributed by atoms with Gasteiger partial charge in [0.25, 0.3) is 0 Å². The predicted molar refractivity (Wildman–Crippen MR) is 115 cm³/mol. The lowest BCUT2D eigenvalue weighted by molar-refractivity contribution is -0.0983. The van der Waals surface area contributed by atoms with Crippen molar-refractivity contribution in [2.24, 2.45) is 0 Å². The topological polar surface area (TPSA) is 63.4 Å². The Morgan fingerprint density at radius 2 is 1.91 bits per heavy atom. The number of β-amino-alcohol motifs (C(OH)–C–C–N with tert-alkyl or cyclic N) is 1. The zero-order valence-corrected chi connectivity index (χ0v) is 18.5. The van der Waals surface area contributed by atoms with Gasteiger partial charge in [0.2, 0.25) is 5.79 Å². The molecule has 9 heteroatoms. The van der Waals surface area contributed by atoms with E-state index in [0.717, 1.165) is 5.56 Å². The van der Waals surface area contributed by atoms with E-state index in [1.807, 2.05) is 0 Å². The van der Waals surface area contributed by atoms with Crippen molar-refractivity contribution in [1.29, 1.82) is 0 Å². The number of rotatable bonds is 4. The fourth-order valence-corrected chi connectivity index (χ4v) is 4.95. The maximum absolute atomic E-state index is 16.5. The molecular weight excluding hydrogens is 438 g/mol. The van der Waals surface area contributed by atoms with Crippen LogP contribution in [0.2, 0.25) is 5.02 Å². The molecule has 2 aliphatic rings. The molecule has 1 aromatic heterocycles. The van der Waals surface area contributed by atoms with E-state index in [4.69, 9.17) is 16.3 Å². The molecule has 3 atom stereocenters. The minimum Gasteiger partial charge on any atom is -0.478 e. The van der Waals surface area contributed by atoms with Crippen LogP contribution < -0.4 is 4.74 Å². The van der Waals surface area contributed by atoms with Gasteiger partial charge in [0.15, 0.2) is 17.7 Å². The molecular formula is C23H23ClF2N4O2. The maximum Gasteiger partial charge on any atom is 0.209 e. The number of hydrogen-bond donors (Lipinski definition) is 1. The van der Waals surface area contributed by atoms with Crippen molar-refractivity contribution in [3.8, 4) is 11.4 Å². The highest BCUT2D eigenvalue weighted by molar-refractivity contribution is 6.30. The van der Waals surface area contributed by atoms with Gasteiger partial charge in [0, 0.05) is 36.2 Å². The molecule has 1 N–H and O–H groups in total. The lowest BCUT2D eigenvalue weighted by atomic mass is 10.1. The van der Waals surface area contributed by atoms with Crippen LogP contribution in [0.3, 0.4) is 0 Å². The van der Waals surface area contributed by atoms with Gasteiger partial charge in [-0.15, -0.1) is 10.2 Å². The van der Waals surface area contributed by atoms with Gasteiger partial charge < -0.3 is 9.84 Å². The standard InChI is InChI=1S/C23H23ClF2N4O2/c1-13-27-28-14(2)30(13)17-5-6-21(20(25)10-17)32-22-19-9-16(24)4-3-15(19)11-23(22,26)29-8-7-18(31)12-29/h3-6,9-10,18,22,31H,7-8,11-12H2,1-2H3/t18-,22+,23-/m1/s1. The Hall–Kier alpha value is -2.55. The number of aliphatic hydroxyl groups excluding tert-OH is 1. The van der Waals surface area contributed by atoms with Gasteiger partial charge in [-0.25, -0.2) is 8.78 Å². The summed E-state index contributed by atoms with van der Waals surface area (Å²) in [5, 5.41) is 18.4. The lowest BCUT2D eigenvalue weighted by Gasteiger charge is -2.36. The summed E-state index contributed by atoms with van der Waals surface area (Å²) in [5.74, 6) is -1.33. The van der Waals surface area contributed by atoms with E-state index in [2.05, 4.69) is 10.2 Å². The average Bonchev–Trinajstić information content (AvgIpc) is 3.41. The molecule has 1 saturated heterocycles. The van der Waals surface area contributed by atoms with E-state index in [9.17, 15) is 5.11 Å². The summed E-state index contributed by atoms with van der Waals surface area (Å²) < 4.78 is 39.4. The molecule has 0 amide bonds. The Morgan fingerprint density at radius 3 is 2.56 bits per heavy atom. The number of hydrogen-bond acceptors (Lipinski definition) is 5. The molecule has 1 aliphatic carbocycles. The number of alkyl halides is 1. The lowest BCUT2D eigenvalue weighted by Crippen LogP contribution is -2.49. The highest BCUT2D eigenvalue weighted by Gasteiger charge is 2.54. The van der Waals surface area contributed by atoms with Crippen LogP contribution in [0, 0.1) is 19.7 Å². The van der Waals surface area contributed by atoms with Gasteiger partial charge in [-0.1, -0.05) is 17.7 Å².